The second-order valence-corrected chi connectivity index (χ2v) is 9.48. The Morgan fingerprint density at radius 1 is 1.00 bits per heavy atom. The predicted molar refractivity (Wildman–Crippen MR) is 125 cm³/mol. The van der Waals surface area contributed by atoms with E-state index in [9.17, 15) is 18.7 Å². The Morgan fingerprint density at radius 2 is 1.73 bits per heavy atom. The third-order valence-corrected chi connectivity index (χ3v) is 7.15. The summed E-state index contributed by atoms with van der Waals surface area (Å²) in [6.45, 7) is 0. The van der Waals surface area contributed by atoms with Crippen LogP contribution in [-0.2, 0) is 0 Å². The number of halogens is 2. The number of hydrogen-bond donors (Lipinski definition) is 2. The van der Waals surface area contributed by atoms with E-state index in [1.165, 1.54) is 0 Å². The summed E-state index contributed by atoms with van der Waals surface area (Å²) in [5.41, 5.74) is 3.70. The number of aliphatic imine (C=N–C) groups is 1. The molecule has 0 radical (unpaired) electrons. The van der Waals surface area contributed by atoms with Crippen molar-refractivity contribution >= 4 is 29.1 Å². The fourth-order valence-electron chi connectivity index (χ4n) is 4.18. The summed E-state index contributed by atoms with van der Waals surface area (Å²) in [5, 5.41) is 12.6. The Hall–Kier alpha value is -3.19. The van der Waals surface area contributed by atoms with Crippen molar-refractivity contribution in [3.63, 3.8) is 0 Å². The Bertz CT molecular complexity index is 1230. The average Bonchev–Trinajstić information content (AvgIpc) is 2.97. The first-order valence-corrected chi connectivity index (χ1v) is 11.7. The van der Waals surface area contributed by atoms with Crippen LogP contribution in [0.15, 0.2) is 81.5 Å². The minimum Gasteiger partial charge on any atom is -0.508 e. The zero-order valence-electron chi connectivity index (χ0n) is 17.7. The second kappa shape index (κ2) is 8.63. The SMILES string of the molecule is O=C(NC1CCC(F)(F)CC1)c1ccc2c(c1)N=C(c1ccc(O)cc1)c1ccccc1S2. The molecule has 3 aromatic rings. The highest BCUT2D eigenvalue weighted by Crippen LogP contribution is 2.42. The molecular weight excluding hydrogens is 442 g/mol. The Morgan fingerprint density at radius 3 is 2.48 bits per heavy atom. The maximum atomic E-state index is 13.4. The number of amides is 1. The molecule has 1 aliphatic heterocycles. The molecule has 1 saturated carbocycles. The van der Waals surface area contributed by atoms with Gasteiger partial charge in [0.2, 0.25) is 5.92 Å². The van der Waals surface area contributed by atoms with Crippen molar-refractivity contribution in [2.24, 2.45) is 4.99 Å². The lowest BCUT2D eigenvalue weighted by Crippen LogP contribution is -2.40. The highest BCUT2D eigenvalue weighted by molar-refractivity contribution is 7.99. The van der Waals surface area contributed by atoms with E-state index in [2.05, 4.69) is 5.32 Å². The molecule has 0 bridgehead atoms. The van der Waals surface area contributed by atoms with Gasteiger partial charge in [-0.3, -0.25) is 4.79 Å². The topological polar surface area (TPSA) is 61.7 Å². The van der Waals surface area contributed by atoms with Crippen molar-refractivity contribution in [3.8, 4) is 5.75 Å². The van der Waals surface area contributed by atoms with Crippen LogP contribution in [0.3, 0.4) is 0 Å². The molecule has 1 fully saturated rings. The van der Waals surface area contributed by atoms with Gasteiger partial charge in [-0.1, -0.05) is 30.0 Å². The highest BCUT2D eigenvalue weighted by atomic mass is 32.2. The minimum atomic E-state index is -2.63. The number of nitrogens with zero attached hydrogens (tertiary/aromatic N) is 1. The number of rotatable bonds is 3. The molecule has 0 atom stereocenters. The summed E-state index contributed by atoms with van der Waals surface area (Å²) in [6, 6.07) is 20.0. The molecule has 5 rings (SSSR count). The summed E-state index contributed by atoms with van der Waals surface area (Å²) in [7, 11) is 0. The van der Waals surface area contributed by atoms with Crippen molar-refractivity contribution in [1.29, 1.82) is 0 Å². The molecule has 168 valence electrons. The van der Waals surface area contributed by atoms with Gasteiger partial charge in [-0.25, -0.2) is 13.8 Å². The van der Waals surface area contributed by atoms with Crippen LogP contribution >= 0.6 is 11.8 Å². The Kier molecular flexibility index (Phi) is 5.66. The molecule has 1 amide bonds. The average molecular weight is 465 g/mol. The van der Waals surface area contributed by atoms with Crippen molar-refractivity contribution in [1.82, 2.24) is 5.32 Å². The monoisotopic (exact) mass is 464 g/mol. The fraction of sp³-hybridized carbons (Fsp3) is 0.231. The molecule has 3 aromatic carbocycles. The molecule has 0 aromatic heterocycles. The number of carbonyl (C=O) groups is 1. The number of phenols is 1. The Balaban J connectivity index is 1.48. The molecule has 0 saturated heterocycles. The van der Waals surface area contributed by atoms with Gasteiger partial charge >= 0.3 is 0 Å². The number of fused-ring (bicyclic) bond motifs is 2. The highest BCUT2D eigenvalue weighted by Gasteiger charge is 2.35. The van der Waals surface area contributed by atoms with Gasteiger partial charge < -0.3 is 10.4 Å². The molecule has 33 heavy (non-hydrogen) atoms. The summed E-state index contributed by atoms with van der Waals surface area (Å²) in [6.07, 6.45) is 0.157. The van der Waals surface area contributed by atoms with Crippen LogP contribution in [0, 0.1) is 0 Å². The first-order chi connectivity index (χ1) is 15.9. The van der Waals surface area contributed by atoms with E-state index in [-0.39, 0.29) is 43.4 Å². The van der Waals surface area contributed by atoms with E-state index >= 15 is 0 Å². The number of nitrogens with one attached hydrogen (secondary N) is 1. The zero-order chi connectivity index (χ0) is 23.0. The molecule has 1 heterocycles. The summed E-state index contributed by atoms with van der Waals surface area (Å²) < 4.78 is 26.9. The summed E-state index contributed by atoms with van der Waals surface area (Å²) >= 11 is 1.58. The number of benzene rings is 3. The van der Waals surface area contributed by atoms with Crippen molar-refractivity contribution in [3.05, 3.63) is 83.4 Å². The zero-order valence-corrected chi connectivity index (χ0v) is 18.5. The number of phenolic OH excluding ortho intramolecular Hbond substituents is 1. The smallest absolute Gasteiger partial charge is 0.251 e. The molecule has 4 nitrogen and oxygen atoms in total. The third kappa shape index (κ3) is 4.64. The Labute approximate surface area is 194 Å². The van der Waals surface area contributed by atoms with E-state index in [0.29, 0.717) is 11.3 Å². The normalized spacial score (nSPS) is 17.3. The molecule has 0 spiro atoms. The first kappa shape index (κ1) is 21.6. The fourth-order valence-corrected chi connectivity index (χ4v) is 5.18. The lowest BCUT2D eigenvalue weighted by Gasteiger charge is -2.28. The number of alkyl halides is 2. The van der Waals surface area contributed by atoms with E-state index in [1.807, 2.05) is 42.5 Å². The maximum Gasteiger partial charge on any atom is 0.251 e. The van der Waals surface area contributed by atoms with Crippen LogP contribution in [0.2, 0.25) is 0 Å². The lowest BCUT2D eigenvalue weighted by molar-refractivity contribution is -0.0399. The number of hydrogen-bond acceptors (Lipinski definition) is 4. The quantitative estimate of drug-likeness (QED) is 0.372. The predicted octanol–water partition coefficient (Wildman–Crippen LogP) is 6.33. The van der Waals surface area contributed by atoms with Crippen molar-refractivity contribution in [2.75, 3.05) is 0 Å². The van der Waals surface area contributed by atoms with Crippen LogP contribution in [0.4, 0.5) is 14.5 Å². The summed E-state index contributed by atoms with van der Waals surface area (Å²) in [5.74, 6) is -2.73. The number of carbonyl (C=O) groups excluding carboxylic acids is 1. The van der Waals surface area contributed by atoms with Crippen LogP contribution in [0.1, 0.15) is 47.2 Å². The van der Waals surface area contributed by atoms with Gasteiger partial charge in [0.1, 0.15) is 5.75 Å². The lowest BCUT2D eigenvalue weighted by atomic mass is 9.92. The standard InChI is InChI=1S/C26H22F2N2O2S/c27-26(28)13-11-18(12-14-26)29-25(32)17-7-10-23-21(15-17)30-24(16-5-8-19(31)9-6-16)20-3-1-2-4-22(20)33-23/h1-10,15,18,31H,11-14H2,(H,29,32). The van der Waals surface area contributed by atoms with Gasteiger partial charge in [0.05, 0.1) is 11.4 Å². The third-order valence-electron chi connectivity index (χ3n) is 6.01. The van der Waals surface area contributed by atoms with Gasteiger partial charge in [-0.2, -0.15) is 0 Å². The summed E-state index contributed by atoms with van der Waals surface area (Å²) in [4.78, 5) is 19.8. The second-order valence-electron chi connectivity index (χ2n) is 8.39. The van der Waals surface area contributed by atoms with E-state index in [0.717, 1.165) is 26.6 Å². The molecule has 0 unspecified atom stereocenters. The molecule has 2 N–H and O–H groups in total. The van der Waals surface area contributed by atoms with Crippen molar-refractivity contribution < 1.29 is 18.7 Å². The molecular formula is C26H22F2N2O2S. The first-order valence-electron chi connectivity index (χ1n) is 10.9. The van der Waals surface area contributed by atoms with Crippen molar-refractivity contribution in [2.45, 2.75) is 47.4 Å². The molecule has 2 aliphatic rings. The van der Waals surface area contributed by atoms with Gasteiger partial charge in [0.25, 0.3) is 5.91 Å². The molecule has 7 heteroatoms. The van der Waals surface area contributed by atoms with Gasteiger partial charge in [0.15, 0.2) is 0 Å². The van der Waals surface area contributed by atoms with E-state index in [4.69, 9.17) is 4.99 Å². The molecule has 1 aliphatic carbocycles. The van der Waals surface area contributed by atoms with Gasteiger partial charge in [-0.05, 0) is 61.4 Å². The van der Waals surface area contributed by atoms with Crippen LogP contribution < -0.4 is 5.32 Å². The van der Waals surface area contributed by atoms with Crippen LogP contribution in [-0.4, -0.2) is 28.7 Å². The van der Waals surface area contributed by atoms with Gasteiger partial charge in [0, 0.05) is 45.4 Å². The van der Waals surface area contributed by atoms with E-state index in [1.54, 1.807) is 36.0 Å². The minimum absolute atomic E-state index is 0.176. The number of aromatic hydroxyl groups is 1. The van der Waals surface area contributed by atoms with Gasteiger partial charge in [-0.15, -0.1) is 0 Å². The maximum absolute atomic E-state index is 13.4. The largest absolute Gasteiger partial charge is 0.508 e. The van der Waals surface area contributed by atoms with E-state index < -0.39 is 5.92 Å². The van der Waals surface area contributed by atoms with Crippen LogP contribution in [0.25, 0.3) is 0 Å². The van der Waals surface area contributed by atoms with Crippen LogP contribution in [0.5, 0.6) is 5.75 Å².